The third-order valence-electron chi connectivity index (χ3n) is 2.88. The molecule has 2 amide bonds. The van der Waals surface area contributed by atoms with Gasteiger partial charge in [0, 0.05) is 30.3 Å². The van der Waals surface area contributed by atoms with Crippen LogP contribution in [0.4, 0.5) is 10.5 Å². The van der Waals surface area contributed by atoms with E-state index in [4.69, 9.17) is 10.2 Å². The molecule has 0 unspecified atom stereocenters. The lowest BCUT2D eigenvalue weighted by atomic mass is 10.2. The Morgan fingerprint density at radius 2 is 2.10 bits per heavy atom. The molecule has 0 aliphatic rings. The van der Waals surface area contributed by atoms with Crippen molar-refractivity contribution in [2.45, 2.75) is 12.5 Å². The summed E-state index contributed by atoms with van der Waals surface area (Å²) >= 11 is 0. The number of carbonyl (C=O) groups excluding carboxylic acids is 1. The molecule has 110 valence electrons. The van der Waals surface area contributed by atoms with Crippen molar-refractivity contribution in [2.75, 3.05) is 11.9 Å². The highest BCUT2D eigenvalue weighted by atomic mass is 16.4. The first-order chi connectivity index (χ1) is 10.1. The van der Waals surface area contributed by atoms with Crippen molar-refractivity contribution in [1.29, 1.82) is 0 Å². The number of carboxylic acid groups (broad SMARTS) is 1. The molecule has 4 N–H and O–H groups in total. The number of anilines is 1. The molecule has 0 saturated carbocycles. The number of aliphatic hydroxyl groups excluding tert-OH is 1. The summed E-state index contributed by atoms with van der Waals surface area (Å²) in [6, 6.07) is 7.05. The number of aromatic nitrogens is 1. The molecule has 0 aliphatic heterocycles. The van der Waals surface area contributed by atoms with Crippen LogP contribution in [-0.4, -0.2) is 39.8 Å². The minimum absolute atomic E-state index is 0.0512. The van der Waals surface area contributed by atoms with Gasteiger partial charge < -0.3 is 20.8 Å². The molecule has 0 saturated heterocycles. The second-order valence-electron chi connectivity index (χ2n) is 4.41. The van der Waals surface area contributed by atoms with Crippen LogP contribution in [0.1, 0.15) is 6.42 Å². The van der Waals surface area contributed by atoms with Gasteiger partial charge in [-0.2, -0.15) is 0 Å². The number of aliphatic hydroxyl groups is 1. The molecule has 1 aromatic heterocycles. The highest BCUT2D eigenvalue weighted by molar-refractivity contribution is 5.94. The fraction of sp³-hybridized carbons (Fsp3) is 0.214. The fourth-order valence-electron chi connectivity index (χ4n) is 1.87. The first kappa shape index (κ1) is 14.7. The van der Waals surface area contributed by atoms with Crippen molar-refractivity contribution in [2.24, 2.45) is 0 Å². The normalized spacial score (nSPS) is 11.9. The highest BCUT2D eigenvalue weighted by Crippen LogP contribution is 2.16. The van der Waals surface area contributed by atoms with E-state index in [1.54, 1.807) is 30.5 Å². The third kappa shape index (κ3) is 3.90. The van der Waals surface area contributed by atoms with Crippen molar-refractivity contribution >= 4 is 28.6 Å². The van der Waals surface area contributed by atoms with Gasteiger partial charge >= 0.3 is 12.0 Å². The van der Waals surface area contributed by atoms with Crippen LogP contribution >= 0.6 is 0 Å². The highest BCUT2D eigenvalue weighted by Gasteiger charge is 2.19. The van der Waals surface area contributed by atoms with Crippen LogP contribution in [0.25, 0.3) is 10.9 Å². The SMILES string of the molecule is O=C(Nc1ccc2ncccc2c1)N[C@@H](CCO)C(=O)O. The molecule has 2 aromatic rings. The van der Waals surface area contributed by atoms with Gasteiger partial charge in [0.05, 0.1) is 5.52 Å². The molecule has 1 aromatic carbocycles. The second-order valence-corrected chi connectivity index (χ2v) is 4.41. The third-order valence-corrected chi connectivity index (χ3v) is 2.88. The maximum Gasteiger partial charge on any atom is 0.326 e. The first-order valence-electron chi connectivity index (χ1n) is 6.36. The molecular weight excluding hydrogens is 274 g/mol. The van der Waals surface area contributed by atoms with E-state index in [9.17, 15) is 9.59 Å². The number of nitrogens with zero attached hydrogens (tertiary/aromatic N) is 1. The largest absolute Gasteiger partial charge is 0.480 e. The number of hydrogen-bond acceptors (Lipinski definition) is 4. The molecule has 0 fully saturated rings. The number of rotatable bonds is 5. The van der Waals surface area contributed by atoms with Crippen LogP contribution in [0.2, 0.25) is 0 Å². The number of carbonyl (C=O) groups is 2. The lowest BCUT2D eigenvalue weighted by molar-refractivity contribution is -0.139. The van der Waals surface area contributed by atoms with E-state index < -0.39 is 18.0 Å². The quantitative estimate of drug-likeness (QED) is 0.660. The number of pyridine rings is 1. The van der Waals surface area contributed by atoms with Crippen LogP contribution in [0, 0.1) is 0 Å². The maximum absolute atomic E-state index is 11.8. The Morgan fingerprint density at radius 3 is 2.81 bits per heavy atom. The standard InChI is InChI=1S/C14H15N3O4/c18-7-5-12(13(19)20)17-14(21)16-10-3-4-11-9(8-10)2-1-6-15-11/h1-4,6,8,12,18H,5,7H2,(H,19,20)(H2,16,17,21)/t12-/m0/s1. The molecular formula is C14H15N3O4. The van der Waals surface area contributed by atoms with Crippen LogP contribution in [0.5, 0.6) is 0 Å². The van der Waals surface area contributed by atoms with Crippen molar-refractivity contribution in [3.05, 3.63) is 36.5 Å². The molecule has 0 aliphatic carbocycles. The number of benzene rings is 1. The summed E-state index contributed by atoms with van der Waals surface area (Å²) < 4.78 is 0. The first-order valence-corrected chi connectivity index (χ1v) is 6.36. The van der Waals surface area contributed by atoms with Crippen molar-refractivity contribution in [3.8, 4) is 0 Å². The number of hydrogen-bond donors (Lipinski definition) is 4. The Labute approximate surface area is 120 Å². The van der Waals surface area contributed by atoms with Crippen molar-refractivity contribution < 1.29 is 19.8 Å². The van der Waals surface area contributed by atoms with Gasteiger partial charge in [-0.05, 0) is 24.3 Å². The second kappa shape index (κ2) is 6.67. The summed E-state index contributed by atoms with van der Waals surface area (Å²) in [4.78, 5) is 26.8. The number of fused-ring (bicyclic) bond motifs is 1. The molecule has 1 atom stereocenters. The fourth-order valence-corrected chi connectivity index (χ4v) is 1.87. The number of aliphatic carboxylic acids is 1. The van der Waals surface area contributed by atoms with Gasteiger partial charge in [-0.3, -0.25) is 4.98 Å². The lowest BCUT2D eigenvalue weighted by Crippen LogP contribution is -2.43. The summed E-state index contributed by atoms with van der Waals surface area (Å²) in [7, 11) is 0. The lowest BCUT2D eigenvalue weighted by Gasteiger charge is -2.14. The number of urea groups is 1. The van der Waals surface area contributed by atoms with Gasteiger partial charge in [0.1, 0.15) is 6.04 Å². The van der Waals surface area contributed by atoms with E-state index in [1.165, 1.54) is 0 Å². The Balaban J connectivity index is 2.05. The van der Waals surface area contributed by atoms with Crippen LogP contribution in [-0.2, 0) is 4.79 Å². The molecule has 1 heterocycles. The van der Waals surface area contributed by atoms with Gasteiger partial charge in [-0.15, -0.1) is 0 Å². The van der Waals surface area contributed by atoms with E-state index >= 15 is 0 Å². The molecule has 0 radical (unpaired) electrons. The smallest absolute Gasteiger partial charge is 0.326 e. The minimum atomic E-state index is -1.19. The number of nitrogens with one attached hydrogen (secondary N) is 2. The summed E-state index contributed by atoms with van der Waals surface area (Å²) in [6.45, 7) is -0.321. The predicted octanol–water partition coefficient (Wildman–Crippen LogP) is 1.19. The van der Waals surface area contributed by atoms with Gasteiger partial charge in [-0.1, -0.05) is 6.07 Å². The van der Waals surface area contributed by atoms with Crippen LogP contribution in [0.15, 0.2) is 36.5 Å². The summed E-state index contributed by atoms with van der Waals surface area (Å²) in [5, 5.41) is 23.4. The average molecular weight is 289 g/mol. The van der Waals surface area contributed by atoms with E-state index in [0.717, 1.165) is 10.9 Å². The van der Waals surface area contributed by atoms with Gasteiger partial charge in [0.2, 0.25) is 0 Å². The summed E-state index contributed by atoms with van der Waals surface area (Å²) in [6.07, 6.45) is 1.62. The molecule has 7 nitrogen and oxygen atoms in total. The Morgan fingerprint density at radius 1 is 1.29 bits per heavy atom. The van der Waals surface area contributed by atoms with Crippen LogP contribution < -0.4 is 10.6 Å². The number of carboxylic acids is 1. The number of amides is 2. The Bertz CT molecular complexity index is 659. The van der Waals surface area contributed by atoms with Crippen LogP contribution in [0.3, 0.4) is 0 Å². The zero-order chi connectivity index (χ0) is 15.2. The van der Waals surface area contributed by atoms with E-state index in [1.807, 2.05) is 6.07 Å². The predicted molar refractivity (Wildman–Crippen MR) is 77.0 cm³/mol. The van der Waals surface area contributed by atoms with E-state index in [2.05, 4.69) is 15.6 Å². The van der Waals surface area contributed by atoms with Gasteiger partial charge in [0.25, 0.3) is 0 Å². The molecule has 0 bridgehead atoms. The molecule has 7 heteroatoms. The van der Waals surface area contributed by atoms with Gasteiger partial charge in [0.15, 0.2) is 0 Å². The van der Waals surface area contributed by atoms with E-state index in [0.29, 0.717) is 5.69 Å². The van der Waals surface area contributed by atoms with Gasteiger partial charge in [-0.25, -0.2) is 9.59 Å². The Hall–Kier alpha value is -2.67. The average Bonchev–Trinajstić information content (AvgIpc) is 2.46. The monoisotopic (exact) mass is 289 g/mol. The minimum Gasteiger partial charge on any atom is -0.480 e. The summed E-state index contributed by atoms with van der Waals surface area (Å²) in [5.41, 5.74) is 1.33. The zero-order valence-corrected chi connectivity index (χ0v) is 11.1. The summed E-state index contributed by atoms with van der Waals surface area (Å²) in [5.74, 6) is -1.19. The molecule has 2 rings (SSSR count). The van der Waals surface area contributed by atoms with Crippen molar-refractivity contribution in [3.63, 3.8) is 0 Å². The Kier molecular flexibility index (Phi) is 4.68. The van der Waals surface area contributed by atoms with E-state index in [-0.39, 0.29) is 13.0 Å². The van der Waals surface area contributed by atoms with Crippen molar-refractivity contribution in [1.82, 2.24) is 10.3 Å². The molecule has 21 heavy (non-hydrogen) atoms. The maximum atomic E-state index is 11.8. The molecule has 0 spiro atoms. The zero-order valence-electron chi connectivity index (χ0n) is 11.1. The topological polar surface area (TPSA) is 112 Å².